The Kier molecular flexibility index (Phi) is 5.69. The topological polar surface area (TPSA) is 49.9 Å². The molecule has 2 aromatic carbocycles. The van der Waals surface area contributed by atoms with Crippen molar-refractivity contribution in [3.05, 3.63) is 59.7 Å². The van der Waals surface area contributed by atoms with Gasteiger partial charge in [-0.05, 0) is 36.2 Å². The number of benzene rings is 2. The zero-order chi connectivity index (χ0) is 19.4. The number of carbonyl (C=O) groups is 2. The van der Waals surface area contributed by atoms with Crippen LogP contribution in [-0.4, -0.2) is 43.5 Å². The number of hydrogen-bond acceptors (Lipinski definition) is 3. The van der Waals surface area contributed by atoms with Crippen molar-refractivity contribution in [2.45, 2.75) is 12.8 Å². The van der Waals surface area contributed by atoms with E-state index in [1.165, 1.54) is 11.0 Å². The second-order valence-corrected chi connectivity index (χ2v) is 6.31. The van der Waals surface area contributed by atoms with E-state index in [0.29, 0.717) is 30.8 Å². The maximum Gasteiger partial charge on any atom is 0.246 e. The fourth-order valence-electron chi connectivity index (χ4n) is 3.04. The first kappa shape index (κ1) is 18.8. The van der Waals surface area contributed by atoms with Crippen molar-refractivity contribution < 1.29 is 23.1 Å². The van der Waals surface area contributed by atoms with Crippen LogP contribution in [0.4, 0.5) is 14.5 Å². The number of methoxy groups -OCH3 is 1. The molecule has 0 saturated carbocycles. The van der Waals surface area contributed by atoms with Crippen LogP contribution in [0.15, 0.2) is 42.5 Å². The molecule has 7 heteroatoms. The maximum absolute atomic E-state index is 13.2. The molecule has 0 unspecified atom stereocenters. The first-order valence-electron chi connectivity index (χ1n) is 8.64. The first-order chi connectivity index (χ1) is 13.0. The Labute approximate surface area is 156 Å². The summed E-state index contributed by atoms with van der Waals surface area (Å²) in [6.07, 6.45) is 0.428. The lowest BCUT2D eigenvalue weighted by Crippen LogP contribution is -2.52. The standard InChI is InChI=1S/C20H20F2N2O3/c1-27-16-4-2-3-15(12-16)24-10-9-23(13-20(24)26)19(25)8-6-14-5-7-17(21)18(22)11-14/h2-5,7,11-12H,6,8-10,13H2,1H3. The van der Waals surface area contributed by atoms with E-state index >= 15 is 0 Å². The number of aryl methyl sites for hydroxylation is 1. The molecule has 0 spiro atoms. The van der Waals surface area contributed by atoms with Gasteiger partial charge in [-0.2, -0.15) is 0 Å². The van der Waals surface area contributed by atoms with Crippen LogP contribution in [0.5, 0.6) is 5.75 Å². The van der Waals surface area contributed by atoms with Crippen molar-refractivity contribution in [3.8, 4) is 5.75 Å². The summed E-state index contributed by atoms with van der Waals surface area (Å²) in [6, 6.07) is 10.8. The molecule has 0 aromatic heterocycles. The van der Waals surface area contributed by atoms with Gasteiger partial charge in [0.2, 0.25) is 11.8 Å². The molecular weight excluding hydrogens is 354 g/mol. The molecule has 0 N–H and O–H groups in total. The second kappa shape index (κ2) is 8.16. The zero-order valence-corrected chi connectivity index (χ0v) is 15.0. The average molecular weight is 374 g/mol. The van der Waals surface area contributed by atoms with E-state index in [1.54, 1.807) is 30.2 Å². The van der Waals surface area contributed by atoms with Crippen molar-refractivity contribution in [1.82, 2.24) is 4.90 Å². The largest absolute Gasteiger partial charge is 0.497 e. The lowest BCUT2D eigenvalue weighted by atomic mass is 10.1. The smallest absolute Gasteiger partial charge is 0.246 e. The Bertz CT molecular complexity index is 857. The summed E-state index contributed by atoms with van der Waals surface area (Å²) in [5.74, 6) is -1.54. The molecule has 1 saturated heterocycles. The normalized spacial score (nSPS) is 14.4. The second-order valence-electron chi connectivity index (χ2n) is 6.31. The van der Waals surface area contributed by atoms with Crippen LogP contribution < -0.4 is 9.64 Å². The number of hydrogen-bond donors (Lipinski definition) is 0. The molecule has 0 radical (unpaired) electrons. The molecule has 1 heterocycles. The summed E-state index contributed by atoms with van der Waals surface area (Å²) in [5.41, 5.74) is 1.27. The van der Waals surface area contributed by atoms with E-state index in [4.69, 9.17) is 4.74 Å². The van der Waals surface area contributed by atoms with Gasteiger partial charge in [0, 0.05) is 31.3 Å². The van der Waals surface area contributed by atoms with Crippen LogP contribution in [0.25, 0.3) is 0 Å². The quantitative estimate of drug-likeness (QED) is 0.809. The van der Waals surface area contributed by atoms with Gasteiger partial charge >= 0.3 is 0 Å². The highest BCUT2D eigenvalue weighted by Crippen LogP contribution is 2.23. The monoisotopic (exact) mass is 374 g/mol. The van der Waals surface area contributed by atoms with Gasteiger partial charge in [0.25, 0.3) is 0 Å². The third kappa shape index (κ3) is 4.42. The van der Waals surface area contributed by atoms with Crippen LogP contribution in [-0.2, 0) is 16.0 Å². The van der Waals surface area contributed by atoms with E-state index in [-0.39, 0.29) is 24.8 Å². The van der Waals surface area contributed by atoms with E-state index < -0.39 is 11.6 Å². The fourth-order valence-corrected chi connectivity index (χ4v) is 3.04. The lowest BCUT2D eigenvalue weighted by Gasteiger charge is -2.34. The molecule has 2 aromatic rings. The number of halogens is 2. The van der Waals surface area contributed by atoms with Crippen LogP contribution in [0.3, 0.4) is 0 Å². The molecule has 0 aliphatic carbocycles. The van der Waals surface area contributed by atoms with Crippen LogP contribution >= 0.6 is 0 Å². The number of rotatable bonds is 5. The molecule has 3 rings (SSSR count). The van der Waals surface area contributed by atoms with E-state index in [1.807, 2.05) is 6.07 Å². The van der Waals surface area contributed by atoms with Crippen molar-refractivity contribution in [2.24, 2.45) is 0 Å². The van der Waals surface area contributed by atoms with Gasteiger partial charge in [-0.3, -0.25) is 9.59 Å². The third-order valence-electron chi connectivity index (χ3n) is 4.55. The number of ether oxygens (including phenoxy) is 1. The Morgan fingerprint density at radius 3 is 2.63 bits per heavy atom. The van der Waals surface area contributed by atoms with Gasteiger partial charge in [-0.1, -0.05) is 12.1 Å². The Balaban J connectivity index is 1.57. The summed E-state index contributed by atoms with van der Waals surface area (Å²) in [5, 5.41) is 0. The molecule has 1 aliphatic rings. The molecular formula is C20H20F2N2O3. The first-order valence-corrected chi connectivity index (χ1v) is 8.64. The highest BCUT2D eigenvalue weighted by Gasteiger charge is 2.28. The number of anilines is 1. The number of carbonyl (C=O) groups excluding carboxylic acids is 2. The van der Waals surface area contributed by atoms with Gasteiger partial charge in [0.05, 0.1) is 7.11 Å². The van der Waals surface area contributed by atoms with Crippen molar-refractivity contribution in [1.29, 1.82) is 0 Å². The Morgan fingerprint density at radius 2 is 1.93 bits per heavy atom. The third-order valence-corrected chi connectivity index (χ3v) is 4.55. The predicted molar refractivity (Wildman–Crippen MR) is 96.6 cm³/mol. The highest BCUT2D eigenvalue weighted by molar-refractivity contribution is 5.98. The van der Waals surface area contributed by atoms with Crippen LogP contribution in [0.2, 0.25) is 0 Å². The van der Waals surface area contributed by atoms with Gasteiger partial charge in [0.15, 0.2) is 11.6 Å². The Hall–Kier alpha value is -2.96. The Morgan fingerprint density at radius 1 is 1.11 bits per heavy atom. The number of amides is 2. The van der Waals surface area contributed by atoms with Gasteiger partial charge < -0.3 is 14.5 Å². The van der Waals surface area contributed by atoms with E-state index in [2.05, 4.69) is 0 Å². The molecule has 1 fully saturated rings. The van der Waals surface area contributed by atoms with E-state index in [0.717, 1.165) is 17.8 Å². The van der Waals surface area contributed by atoms with Gasteiger partial charge in [-0.15, -0.1) is 0 Å². The SMILES string of the molecule is COc1cccc(N2CCN(C(=O)CCc3ccc(F)c(F)c3)CC2=O)c1. The molecule has 0 atom stereocenters. The summed E-state index contributed by atoms with van der Waals surface area (Å²) >= 11 is 0. The fraction of sp³-hybridized carbons (Fsp3) is 0.300. The van der Waals surface area contributed by atoms with E-state index in [9.17, 15) is 18.4 Å². The maximum atomic E-state index is 13.2. The number of nitrogens with zero attached hydrogens (tertiary/aromatic N) is 2. The summed E-state index contributed by atoms with van der Waals surface area (Å²) < 4.78 is 31.4. The minimum atomic E-state index is -0.929. The molecule has 142 valence electrons. The summed E-state index contributed by atoms with van der Waals surface area (Å²) in [6.45, 7) is 0.802. The van der Waals surface area contributed by atoms with Crippen molar-refractivity contribution in [3.63, 3.8) is 0 Å². The molecule has 0 bridgehead atoms. The summed E-state index contributed by atoms with van der Waals surface area (Å²) in [7, 11) is 1.56. The molecule has 5 nitrogen and oxygen atoms in total. The average Bonchev–Trinajstić information content (AvgIpc) is 2.68. The minimum Gasteiger partial charge on any atom is -0.497 e. The molecule has 1 aliphatic heterocycles. The van der Waals surface area contributed by atoms with Crippen LogP contribution in [0, 0.1) is 11.6 Å². The number of piperazine rings is 1. The highest BCUT2D eigenvalue weighted by atomic mass is 19.2. The van der Waals surface area contributed by atoms with Gasteiger partial charge in [0.1, 0.15) is 12.3 Å². The minimum absolute atomic E-state index is 0.00613. The summed E-state index contributed by atoms with van der Waals surface area (Å²) in [4.78, 5) is 28.0. The molecule has 27 heavy (non-hydrogen) atoms. The van der Waals surface area contributed by atoms with Gasteiger partial charge in [-0.25, -0.2) is 8.78 Å². The molecule has 2 amide bonds. The lowest BCUT2D eigenvalue weighted by molar-refractivity contribution is -0.136. The predicted octanol–water partition coefficient (Wildman–Crippen LogP) is 2.78. The van der Waals surface area contributed by atoms with Crippen molar-refractivity contribution in [2.75, 3.05) is 31.6 Å². The van der Waals surface area contributed by atoms with Crippen molar-refractivity contribution >= 4 is 17.5 Å². The van der Waals surface area contributed by atoms with Crippen LogP contribution in [0.1, 0.15) is 12.0 Å². The zero-order valence-electron chi connectivity index (χ0n) is 15.0.